The van der Waals surface area contributed by atoms with Gasteiger partial charge in [-0.05, 0) is 80.9 Å². The van der Waals surface area contributed by atoms with E-state index in [-0.39, 0.29) is 0 Å². The van der Waals surface area contributed by atoms with Gasteiger partial charge in [0.15, 0.2) is 0 Å². The molecule has 0 aliphatic heterocycles. The Kier molecular flexibility index (Phi) is 9.64. The molecule has 0 spiro atoms. The van der Waals surface area contributed by atoms with Crippen molar-refractivity contribution in [2.45, 2.75) is 69.2 Å². The summed E-state index contributed by atoms with van der Waals surface area (Å²) in [6, 6.07) is 35.1. The lowest BCUT2D eigenvalue weighted by atomic mass is 10.1. The van der Waals surface area contributed by atoms with Crippen LogP contribution >= 0.6 is 0 Å². The molecule has 0 heterocycles. The zero-order valence-corrected chi connectivity index (χ0v) is 28.6. The molecule has 2 heteroatoms. The number of hydrogen-bond acceptors (Lipinski definition) is 0. The minimum absolute atomic E-state index is 1.13. The predicted molar refractivity (Wildman–Crippen MR) is 186 cm³/mol. The van der Waals surface area contributed by atoms with Crippen molar-refractivity contribution in [3.8, 4) is 0 Å². The second-order valence-electron chi connectivity index (χ2n) is 12.9. The van der Waals surface area contributed by atoms with Crippen LogP contribution in [0.3, 0.4) is 0 Å². The van der Waals surface area contributed by atoms with Crippen molar-refractivity contribution in [1.29, 1.82) is 0 Å². The van der Waals surface area contributed by atoms with Gasteiger partial charge in [0.25, 0.3) is 13.1 Å². The van der Waals surface area contributed by atoms with Crippen LogP contribution in [0.2, 0.25) is 0 Å². The Hall–Kier alpha value is -3.41. The third kappa shape index (κ3) is 6.80. The molecule has 0 aliphatic rings. The number of rotatable bonds is 4. The maximum Gasteiger partial charge on any atom is 0.267 e. The summed E-state index contributed by atoms with van der Waals surface area (Å²) < 4.78 is 6.00. The second kappa shape index (κ2) is 12.8. The molecule has 5 aromatic carbocycles. The van der Waals surface area contributed by atoms with Crippen molar-refractivity contribution >= 4 is 36.5 Å². The predicted octanol–water partition coefficient (Wildman–Crippen LogP) is 6.71. The molecule has 216 valence electrons. The Morgan fingerprint density at radius 2 is 0.643 bits per heavy atom. The van der Waals surface area contributed by atoms with Crippen molar-refractivity contribution in [1.82, 2.24) is 0 Å². The molecule has 0 aliphatic carbocycles. The van der Waals surface area contributed by atoms with Crippen LogP contribution in [-0.4, -0.2) is 13.1 Å². The fraction of sp³-hybridized carbons (Fsp3) is 0.250. The maximum atomic E-state index is 3.88. The molecule has 0 fully saturated rings. The first-order chi connectivity index (χ1) is 19.8. The lowest BCUT2D eigenvalue weighted by Crippen LogP contribution is -2.75. The maximum absolute atomic E-state index is 3.88. The van der Waals surface area contributed by atoms with Crippen LogP contribution in [0.4, 0.5) is 5.69 Å². The molecule has 0 atom stereocenters. The molecule has 0 radical (unpaired) electrons. The number of aryl methyl sites for hydroxylation is 9. The van der Waals surface area contributed by atoms with E-state index >= 15 is 0 Å². The fourth-order valence-electron chi connectivity index (χ4n) is 7.01. The third-order valence-electron chi connectivity index (χ3n) is 8.69. The highest BCUT2D eigenvalue weighted by molar-refractivity contribution is 7.20. The molecule has 0 saturated carbocycles. The van der Waals surface area contributed by atoms with Gasteiger partial charge in [0, 0.05) is 5.56 Å². The van der Waals surface area contributed by atoms with Crippen molar-refractivity contribution in [3.63, 3.8) is 0 Å². The standard InChI is InChI=1S/C8H11N.4C8H9.Al/c1-6-4-3-5-8(9)7(6)2;4*1-7-4-3-5-8(2)6-7;/h3-5H,9H2,1-2H3;4*4-6H,1-2H3;/q;;;;;-1/p+1. The molecule has 0 saturated heterocycles. The third-order valence-corrected chi connectivity index (χ3v) is 14.0. The van der Waals surface area contributed by atoms with Crippen molar-refractivity contribution in [2.75, 3.05) is 0 Å². The van der Waals surface area contributed by atoms with Gasteiger partial charge < -0.3 is 5.73 Å². The van der Waals surface area contributed by atoms with Gasteiger partial charge in [-0.25, -0.2) is 17.7 Å². The van der Waals surface area contributed by atoms with Gasteiger partial charge in [0.1, 0.15) is 5.69 Å². The summed E-state index contributed by atoms with van der Waals surface area (Å²) >= 11 is -2.98. The van der Waals surface area contributed by atoms with Crippen molar-refractivity contribution in [2.24, 2.45) is 0 Å². The topological polar surface area (TPSA) is 27.6 Å². The van der Waals surface area contributed by atoms with Crippen LogP contribution < -0.4 is 23.4 Å². The first-order valence-electron chi connectivity index (χ1n) is 15.2. The Morgan fingerprint density at radius 3 is 0.857 bits per heavy atom. The van der Waals surface area contributed by atoms with E-state index in [0.29, 0.717) is 0 Å². The normalized spacial score (nSPS) is 11.2. The van der Waals surface area contributed by atoms with E-state index in [1.807, 2.05) is 12.1 Å². The van der Waals surface area contributed by atoms with E-state index in [1.54, 1.807) is 0 Å². The van der Waals surface area contributed by atoms with Crippen LogP contribution in [0.1, 0.15) is 55.6 Å². The smallest absolute Gasteiger partial charge is 0.267 e. The quantitative estimate of drug-likeness (QED) is 0.233. The van der Waals surface area contributed by atoms with Crippen LogP contribution in [-0.2, 0) is 0 Å². The van der Waals surface area contributed by atoms with Gasteiger partial charge in [-0.15, -0.1) is 48.5 Å². The summed E-state index contributed by atoms with van der Waals surface area (Å²) in [5.41, 5.74) is 18.4. The fourth-order valence-corrected chi connectivity index (χ4v) is 13.4. The van der Waals surface area contributed by atoms with E-state index in [0.717, 1.165) is 5.69 Å². The van der Waals surface area contributed by atoms with Gasteiger partial charge in [0.2, 0.25) is 0 Å². The van der Waals surface area contributed by atoms with Gasteiger partial charge in [-0.3, -0.25) is 0 Å². The summed E-state index contributed by atoms with van der Waals surface area (Å²) in [5, 5.41) is 0. The van der Waals surface area contributed by atoms with E-state index < -0.39 is 13.1 Å². The van der Waals surface area contributed by atoms with E-state index in [4.69, 9.17) is 0 Å². The van der Waals surface area contributed by atoms with Crippen molar-refractivity contribution in [3.05, 3.63) is 147 Å². The SMILES string of the molecule is Cc1cc(C)c[c]([Al-]([c]2cc(C)cc(C)c2)([c]2cc(C)cc(C)c2)[c]2cc(C)cc(C)c2)c1.Cc1cccc([NH3+])c1C. The monoisotopic (exact) mass is 569 g/mol. The van der Waals surface area contributed by atoms with Gasteiger partial charge in [-0.1, -0.05) is 80.9 Å². The van der Waals surface area contributed by atoms with Gasteiger partial charge in [-0.2, -0.15) is 0 Å². The molecule has 1 nitrogen and oxygen atoms in total. The number of benzene rings is 5. The summed E-state index contributed by atoms with van der Waals surface area (Å²) in [5.74, 6) is 0. The van der Waals surface area contributed by atoms with Gasteiger partial charge >= 0.3 is 0 Å². The van der Waals surface area contributed by atoms with E-state index in [1.165, 1.54) is 73.3 Å². The summed E-state index contributed by atoms with van der Waals surface area (Å²) in [6.45, 7) is 22.1. The summed E-state index contributed by atoms with van der Waals surface area (Å²) in [4.78, 5) is 0. The molecular formula is C40H48AlN. The Bertz CT molecular complexity index is 1430. The molecule has 3 N–H and O–H groups in total. The summed E-state index contributed by atoms with van der Waals surface area (Å²) in [7, 11) is 0. The molecule has 0 unspecified atom stereocenters. The average molecular weight is 570 g/mol. The minimum Gasteiger partial charge on any atom is -0.325 e. The Balaban J connectivity index is 0.000000385. The summed E-state index contributed by atoms with van der Waals surface area (Å²) in [6.07, 6.45) is 0. The molecule has 42 heavy (non-hydrogen) atoms. The second-order valence-corrected chi connectivity index (χ2v) is 17.3. The highest BCUT2D eigenvalue weighted by atomic mass is 27.2. The lowest BCUT2D eigenvalue weighted by molar-refractivity contribution is -0.255. The first kappa shape index (κ1) is 31.5. The Labute approximate surface area is 257 Å². The van der Waals surface area contributed by atoms with Crippen LogP contribution in [0, 0.1) is 69.2 Å². The zero-order valence-electron chi connectivity index (χ0n) is 27.4. The highest BCUT2D eigenvalue weighted by Crippen LogP contribution is 2.17. The average Bonchev–Trinajstić information content (AvgIpc) is 2.86. The lowest BCUT2D eigenvalue weighted by Gasteiger charge is -2.42. The van der Waals surface area contributed by atoms with Crippen LogP contribution in [0.5, 0.6) is 0 Å². The van der Waals surface area contributed by atoms with Crippen molar-refractivity contribution < 1.29 is 5.73 Å². The van der Waals surface area contributed by atoms with E-state index in [9.17, 15) is 0 Å². The van der Waals surface area contributed by atoms with Crippen LogP contribution in [0.15, 0.2) is 91.0 Å². The van der Waals surface area contributed by atoms with E-state index in [2.05, 4.69) is 154 Å². The number of quaternary nitrogens is 1. The molecular weight excluding hydrogens is 521 g/mol. The minimum atomic E-state index is -2.98. The first-order valence-corrected chi connectivity index (χ1v) is 17.5. The molecule has 0 aromatic heterocycles. The molecule has 5 aromatic rings. The number of hydrogen-bond donors (Lipinski definition) is 1. The largest absolute Gasteiger partial charge is 0.325 e. The molecule has 5 rings (SSSR count). The molecule has 0 bridgehead atoms. The highest BCUT2D eigenvalue weighted by Gasteiger charge is 2.37. The zero-order chi connectivity index (χ0) is 30.8. The van der Waals surface area contributed by atoms with Gasteiger partial charge in [0.05, 0.1) is 0 Å². The van der Waals surface area contributed by atoms with Crippen LogP contribution in [0.25, 0.3) is 0 Å². The molecule has 0 amide bonds. The Morgan fingerprint density at radius 1 is 0.381 bits per heavy atom.